The maximum atomic E-state index is 9.09. The predicted octanol–water partition coefficient (Wildman–Crippen LogP) is 4.19. The Bertz CT molecular complexity index is 491. The molecule has 19 heavy (non-hydrogen) atoms. The summed E-state index contributed by atoms with van der Waals surface area (Å²) in [5.41, 5.74) is 4.46. The monoisotopic (exact) mass is 256 g/mol. The first-order chi connectivity index (χ1) is 9.04. The summed E-state index contributed by atoms with van der Waals surface area (Å²) >= 11 is 0. The van der Waals surface area contributed by atoms with Crippen LogP contribution in [0.4, 0.5) is 5.69 Å². The van der Waals surface area contributed by atoms with Crippen molar-refractivity contribution in [3.63, 3.8) is 0 Å². The topological polar surface area (TPSA) is 27.0 Å². The molecule has 1 saturated carbocycles. The minimum absolute atomic E-state index is 0.655. The van der Waals surface area contributed by atoms with Gasteiger partial charge in [-0.3, -0.25) is 0 Å². The Kier molecular flexibility index (Phi) is 4.14. The highest BCUT2D eigenvalue weighted by Crippen LogP contribution is 2.32. The van der Waals surface area contributed by atoms with Crippen molar-refractivity contribution in [2.75, 3.05) is 11.9 Å². The number of nitriles is 1. The van der Waals surface area contributed by atoms with Crippen molar-refractivity contribution in [1.29, 1.82) is 5.26 Å². The third-order valence-electron chi connectivity index (χ3n) is 4.79. The normalized spacial score (nSPS) is 22.9. The number of benzene rings is 1. The second-order valence-electron chi connectivity index (χ2n) is 6.02. The van der Waals surface area contributed by atoms with E-state index in [2.05, 4.69) is 37.9 Å². The SMILES string of the molecule is Cc1c(C#N)ccc(N(C)C2CCC(C)CC2)c1C. The van der Waals surface area contributed by atoms with Crippen molar-refractivity contribution < 1.29 is 0 Å². The molecule has 0 aliphatic heterocycles. The van der Waals surface area contributed by atoms with E-state index >= 15 is 0 Å². The van der Waals surface area contributed by atoms with Gasteiger partial charge < -0.3 is 4.90 Å². The summed E-state index contributed by atoms with van der Waals surface area (Å²) in [4.78, 5) is 2.43. The lowest BCUT2D eigenvalue weighted by Crippen LogP contribution is -2.35. The van der Waals surface area contributed by atoms with Gasteiger partial charge in [-0.1, -0.05) is 6.92 Å². The fourth-order valence-electron chi connectivity index (χ4n) is 3.14. The number of rotatable bonds is 2. The van der Waals surface area contributed by atoms with E-state index in [0.29, 0.717) is 6.04 Å². The van der Waals surface area contributed by atoms with Crippen molar-refractivity contribution in [3.8, 4) is 6.07 Å². The first-order valence-corrected chi connectivity index (χ1v) is 7.27. The summed E-state index contributed by atoms with van der Waals surface area (Å²) in [7, 11) is 2.20. The van der Waals surface area contributed by atoms with E-state index in [1.807, 2.05) is 13.0 Å². The van der Waals surface area contributed by atoms with Crippen LogP contribution in [0.5, 0.6) is 0 Å². The Hall–Kier alpha value is -1.49. The standard InChI is InChI=1S/C17H24N2/c1-12-5-8-16(9-6-12)19(4)17-10-7-15(11-18)13(2)14(17)3/h7,10,12,16H,5-6,8-9H2,1-4H3. The first kappa shape index (κ1) is 13.9. The van der Waals surface area contributed by atoms with Gasteiger partial charge in [-0.2, -0.15) is 5.26 Å². The molecule has 102 valence electrons. The lowest BCUT2D eigenvalue weighted by atomic mass is 9.86. The summed E-state index contributed by atoms with van der Waals surface area (Å²) < 4.78 is 0. The van der Waals surface area contributed by atoms with Gasteiger partial charge >= 0.3 is 0 Å². The first-order valence-electron chi connectivity index (χ1n) is 7.27. The van der Waals surface area contributed by atoms with Gasteiger partial charge in [-0.05, 0) is 68.7 Å². The maximum Gasteiger partial charge on any atom is 0.0994 e. The molecule has 2 rings (SSSR count). The molecule has 0 atom stereocenters. The molecule has 0 aromatic heterocycles. The number of nitrogens with zero attached hydrogens (tertiary/aromatic N) is 2. The van der Waals surface area contributed by atoms with Crippen LogP contribution < -0.4 is 4.90 Å². The molecule has 0 bridgehead atoms. The molecule has 0 spiro atoms. The van der Waals surface area contributed by atoms with Crippen molar-refractivity contribution >= 4 is 5.69 Å². The number of hydrogen-bond donors (Lipinski definition) is 0. The summed E-state index contributed by atoms with van der Waals surface area (Å²) in [5, 5.41) is 9.09. The molecule has 1 aliphatic carbocycles. The fourth-order valence-corrected chi connectivity index (χ4v) is 3.14. The molecule has 2 nitrogen and oxygen atoms in total. The number of hydrogen-bond acceptors (Lipinski definition) is 2. The lowest BCUT2D eigenvalue weighted by Gasteiger charge is -2.36. The quantitative estimate of drug-likeness (QED) is 0.793. The summed E-state index contributed by atoms with van der Waals surface area (Å²) in [5.74, 6) is 0.883. The van der Waals surface area contributed by atoms with Crippen molar-refractivity contribution in [3.05, 3.63) is 28.8 Å². The summed E-state index contributed by atoms with van der Waals surface area (Å²) in [6.45, 7) is 6.54. The Morgan fingerprint density at radius 3 is 2.32 bits per heavy atom. The fraction of sp³-hybridized carbons (Fsp3) is 0.588. The van der Waals surface area contributed by atoms with Crippen LogP contribution in [0.15, 0.2) is 12.1 Å². The summed E-state index contributed by atoms with van der Waals surface area (Å²) in [6.07, 6.45) is 5.25. The van der Waals surface area contributed by atoms with Crippen molar-refractivity contribution in [2.45, 2.75) is 52.5 Å². The van der Waals surface area contributed by atoms with Gasteiger partial charge in [-0.15, -0.1) is 0 Å². The molecular weight excluding hydrogens is 232 g/mol. The van der Waals surface area contributed by atoms with Crippen LogP contribution in [-0.4, -0.2) is 13.1 Å². The van der Waals surface area contributed by atoms with E-state index < -0.39 is 0 Å². The average molecular weight is 256 g/mol. The Morgan fingerprint density at radius 2 is 1.74 bits per heavy atom. The van der Waals surface area contributed by atoms with Crippen LogP contribution in [0.2, 0.25) is 0 Å². The highest BCUT2D eigenvalue weighted by Gasteiger charge is 2.23. The molecule has 0 radical (unpaired) electrons. The van der Waals surface area contributed by atoms with Gasteiger partial charge in [0.05, 0.1) is 11.6 Å². The van der Waals surface area contributed by atoms with Crippen LogP contribution in [-0.2, 0) is 0 Å². The van der Waals surface area contributed by atoms with Gasteiger partial charge in [0.1, 0.15) is 0 Å². The molecule has 0 heterocycles. The molecule has 0 unspecified atom stereocenters. The molecule has 0 saturated heterocycles. The molecular formula is C17H24N2. The van der Waals surface area contributed by atoms with E-state index in [-0.39, 0.29) is 0 Å². The van der Waals surface area contributed by atoms with E-state index in [4.69, 9.17) is 5.26 Å². The van der Waals surface area contributed by atoms with Gasteiger partial charge in [0, 0.05) is 18.8 Å². The van der Waals surface area contributed by atoms with Crippen LogP contribution in [0.25, 0.3) is 0 Å². The third-order valence-corrected chi connectivity index (χ3v) is 4.79. The van der Waals surface area contributed by atoms with Crippen LogP contribution in [0, 0.1) is 31.1 Å². The molecule has 1 aliphatic rings. The van der Waals surface area contributed by atoms with Gasteiger partial charge in [0.15, 0.2) is 0 Å². The predicted molar refractivity (Wildman–Crippen MR) is 80.5 cm³/mol. The minimum Gasteiger partial charge on any atom is -0.371 e. The third kappa shape index (κ3) is 2.76. The molecule has 1 aromatic rings. The van der Waals surface area contributed by atoms with E-state index in [0.717, 1.165) is 17.0 Å². The number of anilines is 1. The van der Waals surface area contributed by atoms with Crippen LogP contribution in [0.1, 0.15) is 49.3 Å². The van der Waals surface area contributed by atoms with Gasteiger partial charge in [0.25, 0.3) is 0 Å². The second kappa shape index (κ2) is 5.65. The van der Waals surface area contributed by atoms with E-state index in [1.54, 1.807) is 0 Å². The zero-order chi connectivity index (χ0) is 14.0. The molecule has 0 N–H and O–H groups in total. The van der Waals surface area contributed by atoms with Crippen LogP contribution >= 0.6 is 0 Å². The molecule has 2 heteroatoms. The molecule has 0 amide bonds. The van der Waals surface area contributed by atoms with Gasteiger partial charge in [-0.25, -0.2) is 0 Å². The maximum absolute atomic E-state index is 9.09. The van der Waals surface area contributed by atoms with Gasteiger partial charge in [0.2, 0.25) is 0 Å². The summed E-state index contributed by atoms with van der Waals surface area (Å²) in [6, 6.07) is 6.99. The molecule has 1 fully saturated rings. The smallest absolute Gasteiger partial charge is 0.0994 e. The van der Waals surface area contributed by atoms with E-state index in [9.17, 15) is 0 Å². The van der Waals surface area contributed by atoms with E-state index in [1.165, 1.54) is 36.9 Å². The largest absolute Gasteiger partial charge is 0.371 e. The second-order valence-corrected chi connectivity index (χ2v) is 6.02. The Balaban J connectivity index is 2.22. The lowest BCUT2D eigenvalue weighted by molar-refractivity contribution is 0.340. The molecule has 1 aromatic carbocycles. The zero-order valence-electron chi connectivity index (χ0n) is 12.5. The minimum atomic E-state index is 0.655. The van der Waals surface area contributed by atoms with Crippen molar-refractivity contribution in [1.82, 2.24) is 0 Å². The Morgan fingerprint density at radius 1 is 1.11 bits per heavy atom. The highest BCUT2D eigenvalue weighted by molar-refractivity contribution is 5.60. The van der Waals surface area contributed by atoms with Crippen molar-refractivity contribution in [2.24, 2.45) is 5.92 Å². The Labute approximate surface area is 117 Å². The van der Waals surface area contributed by atoms with Crippen LogP contribution in [0.3, 0.4) is 0 Å². The zero-order valence-corrected chi connectivity index (χ0v) is 12.5. The average Bonchev–Trinajstić information content (AvgIpc) is 2.42. The highest BCUT2D eigenvalue weighted by atomic mass is 15.1.